The van der Waals surface area contributed by atoms with Gasteiger partial charge in [0.1, 0.15) is 4.70 Å². The van der Waals surface area contributed by atoms with Crippen molar-refractivity contribution in [2.75, 3.05) is 10.6 Å². The molecular formula is C15H13N5O4S. The minimum absolute atomic E-state index is 0.0467. The molecule has 25 heavy (non-hydrogen) atoms. The van der Waals surface area contributed by atoms with Crippen molar-refractivity contribution in [3.8, 4) is 11.5 Å². The van der Waals surface area contributed by atoms with E-state index in [4.69, 9.17) is 0 Å². The maximum Gasteiger partial charge on any atom is 0.257 e. The number of aromatic amines is 1. The van der Waals surface area contributed by atoms with E-state index in [2.05, 4.69) is 25.8 Å². The van der Waals surface area contributed by atoms with Gasteiger partial charge in [-0.2, -0.15) is 5.10 Å². The highest BCUT2D eigenvalue weighted by Gasteiger charge is 2.30. The molecule has 2 amide bonds. The van der Waals surface area contributed by atoms with Gasteiger partial charge in [0.05, 0.1) is 0 Å². The van der Waals surface area contributed by atoms with Crippen molar-refractivity contribution in [3.63, 3.8) is 0 Å². The number of fused-ring (bicyclic) bond motifs is 1. The summed E-state index contributed by atoms with van der Waals surface area (Å²) in [6.07, 6.45) is 1.80. The average Bonchev–Trinajstić information content (AvgIpc) is 3.27. The van der Waals surface area contributed by atoms with Gasteiger partial charge < -0.3 is 20.8 Å². The zero-order valence-corrected chi connectivity index (χ0v) is 13.6. The summed E-state index contributed by atoms with van der Waals surface area (Å²) in [7, 11) is 0. The second-order valence-corrected chi connectivity index (χ2v) is 6.69. The molecule has 4 rings (SSSR count). The third-order valence-electron chi connectivity index (χ3n) is 3.76. The number of aromatic hydroxyl groups is 2. The number of H-pyrrole nitrogens is 1. The summed E-state index contributed by atoms with van der Waals surface area (Å²) in [5.41, 5.74) is 0.623. The minimum Gasteiger partial charge on any atom is -0.504 e. The first-order valence-corrected chi connectivity index (χ1v) is 8.32. The van der Waals surface area contributed by atoms with Gasteiger partial charge in [-0.15, -0.1) is 0 Å². The van der Waals surface area contributed by atoms with Crippen LogP contribution in [0.4, 0.5) is 10.9 Å². The number of thiazole rings is 1. The van der Waals surface area contributed by atoms with Crippen molar-refractivity contribution < 1.29 is 19.8 Å². The zero-order valence-electron chi connectivity index (χ0n) is 12.7. The SMILES string of the molecule is O=C(Nc1n[nH]c2nc(NC(=O)C3CC3)sc12)c1ccc(O)c(O)c1. The smallest absolute Gasteiger partial charge is 0.257 e. The molecule has 2 heterocycles. The molecule has 0 atom stereocenters. The number of benzene rings is 1. The summed E-state index contributed by atoms with van der Waals surface area (Å²) in [5, 5.41) is 31.3. The van der Waals surface area contributed by atoms with E-state index in [1.165, 1.54) is 23.5 Å². The highest BCUT2D eigenvalue weighted by atomic mass is 32.1. The molecule has 0 spiro atoms. The fraction of sp³-hybridized carbons (Fsp3) is 0.200. The Hall–Kier alpha value is -3.14. The predicted molar refractivity (Wildman–Crippen MR) is 90.8 cm³/mol. The maximum atomic E-state index is 12.3. The largest absolute Gasteiger partial charge is 0.504 e. The van der Waals surface area contributed by atoms with E-state index in [0.717, 1.165) is 18.9 Å². The predicted octanol–water partition coefficient (Wildman–Crippen LogP) is 2.03. The lowest BCUT2D eigenvalue weighted by Gasteiger charge is -2.03. The van der Waals surface area contributed by atoms with Gasteiger partial charge in [0.15, 0.2) is 28.1 Å². The van der Waals surface area contributed by atoms with Gasteiger partial charge in [0, 0.05) is 11.5 Å². The molecule has 1 aromatic carbocycles. The minimum atomic E-state index is -0.499. The zero-order chi connectivity index (χ0) is 17.6. The Labute approximate surface area is 144 Å². The standard InChI is InChI=1S/C15H13N5O4S/c21-8-4-3-7(5-9(8)22)14(24)16-11-10-12(20-19-11)17-15(25-10)18-13(23)6-1-2-6/h3-6,21-22H,1-2H2,(H3,16,17,18,19,20,23,24). The van der Waals surface area contributed by atoms with Crippen LogP contribution in [-0.4, -0.2) is 37.2 Å². The third kappa shape index (κ3) is 2.98. The van der Waals surface area contributed by atoms with E-state index in [1.54, 1.807) is 0 Å². The molecule has 2 aromatic heterocycles. The summed E-state index contributed by atoms with van der Waals surface area (Å²) < 4.78 is 0.599. The van der Waals surface area contributed by atoms with Gasteiger partial charge in [0.2, 0.25) is 5.91 Å². The average molecular weight is 359 g/mol. The van der Waals surface area contributed by atoms with Crippen LogP contribution in [-0.2, 0) is 4.79 Å². The summed E-state index contributed by atoms with van der Waals surface area (Å²) in [5.74, 6) is -0.895. The molecule has 1 fully saturated rings. The van der Waals surface area contributed by atoms with E-state index in [0.29, 0.717) is 15.5 Å². The van der Waals surface area contributed by atoms with Gasteiger partial charge in [-0.05, 0) is 31.0 Å². The molecule has 0 aliphatic heterocycles. The van der Waals surface area contributed by atoms with Gasteiger partial charge in [0.25, 0.3) is 5.91 Å². The molecule has 1 aliphatic carbocycles. The third-order valence-corrected chi connectivity index (χ3v) is 4.74. The first kappa shape index (κ1) is 15.4. The van der Waals surface area contributed by atoms with E-state index >= 15 is 0 Å². The van der Waals surface area contributed by atoms with Crippen LogP contribution in [0.15, 0.2) is 18.2 Å². The molecule has 9 nitrogen and oxygen atoms in total. The Kier molecular flexibility index (Phi) is 3.53. The fourth-order valence-electron chi connectivity index (χ4n) is 2.25. The van der Waals surface area contributed by atoms with Crippen LogP contribution < -0.4 is 10.6 Å². The van der Waals surface area contributed by atoms with Gasteiger partial charge in [-0.3, -0.25) is 14.7 Å². The van der Waals surface area contributed by atoms with Gasteiger partial charge in [-0.25, -0.2) is 4.98 Å². The van der Waals surface area contributed by atoms with Crippen molar-refractivity contribution in [1.29, 1.82) is 0 Å². The number of nitrogens with zero attached hydrogens (tertiary/aromatic N) is 2. The molecule has 0 unspecified atom stereocenters. The van der Waals surface area contributed by atoms with E-state index in [9.17, 15) is 19.8 Å². The van der Waals surface area contributed by atoms with Crippen LogP contribution in [0.1, 0.15) is 23.2 Å². The number of phenols is 2. The molecule has 0 saturated heterocycles. The van der Waals surface area contributed by atoms with Crippen LogP contribution in [0.5, 0.6) is 11.5 Å². The number of carbonyl (C=O) groups excluding carboxylic acids is 2. The monoisotopic (exact) mass is 359 g/mol. The van der Waals surface area contributed by atoms with Crippen LogP contribution in [0.25, 0.3) is 10.3 Å². The quantitative estimate of drug-likeness (QED) is 0.452. The Morgan fingerprint density at radius 2 is 2.00 bits per heavy atom. The lowest BCUT2D eigenvalue weighted by atomic mass is 10.2. The number of rotatable bonds is 4. The van der Waals surface area contributed by atoms with Crippen molar-refractivity contribution in [3.05, 3.63) is 23.8 Å². The number of hydrogen-bond donors (Lipinski definition) is 5. The van der Waals surface area contributed by atoms with E-state index in [-0.39, 0.29) is 34.7 Å². The summed E-state index contributed by atoms with van der Waals surface area (Å²) in [4.78, 5) is 28.3. The molecule has 5 N–H and O–H groups in total. The van der Waals surface area contributed by atoms with Crippen LogP contribution in [0.2, 0.25) is 0 Å². The molecule has 3 aromatic rings. The van der Waals surface area contributed by atoms with Crippen LogP contribution in [0.3, 0.4) is 0 Å². The van der Waals surface area contributed by atoms with E-state index < -0.39 is 5.91 Å². The molecule has 0 radical (unpaired) electrons. The highest BCUT2D eigenvalue weighted by Crippen LogP contribution is 2.34. The Bertz CT molecular complexity index is 991. The molecule has 1 aliphatic rings. The van der Waals surface area contributed by atoms with Crippen LogP contribution >= 0.6 is 11.3 Å². The first-order valence-electron chi connectivity index (χ1n) is 7.50. The molecule has 10 heteroatoms. The summed E-state index contributed by atoms with van der Waals surface area (Å²) >= 11 is 1.21. The van der Waals surface area contributed by atoms with E-state index in [1.807, 2.05) is 0 Å². The summed E-state index contributed by atoms with van der Waals surface area (Å²) in [6, 6.07) is 3.76. The van der Waals surface area contributed by atoms with Gasteiger partial charge >= 0.3 is 0 Å². The van der Waals surface area contributed by atoms with Crippen molar-refractivity contribution >= 4 is 44.4 Å². The number of phenolic OH excluding ortho intramolecular Hbond substituents is 2. The van der Waals surface area contributed by atoms with Crippen molar-refractivity contribution in [2.45, 2.75) is 12.8 Å². The number of aromatic nitrogens is 3. The number of amides is 2. The second kappa shape index (κ2) is 5.74. The second-order valence-electron chi connectivity index (χ2n) is 5.69. The number of hydrogen-bond acceptors (Lipinski definition) is 7. The lowest BCUT2D eigenvalue weighted by molar-refractivity contribution is -0.117. The molecule has 0 bridgehead atoms. The Morgan fingerprint density at radius 3 is 2.72 bits per heavy atom. The van der Waals surface area contributed by atoms with Crippen LogP contribution in [0, 0.1) is 5.92 Å². The lowest BCUT2D eigenvalue weighted by Crippen LogP contribution is -2.13. The van der Waals surface area contributed by atoms with Crippen molar-refractivity contribution in [1.82, 2.24) is 15.2 Å². The normalized spacial score (nSPS) is 13.8. The van der Waals surface area contributed by atoms with Crippen molar-refractivity contribution in [2.24, 2.45) is 5.92 Å². The number of nitrogens with one attached hydrogen (secondary N) is 3. The van der Waals surface area contributed by atoms with Gasteiger partial charge in [-0.1, -0.05) is 11.3 Å². The first-order chi connectivity index (χ1) is 12.0. The highest BCUT2D eigenvalue weighted by molar-refractivity contribution is 7.22. The molecular weight excluding hydrogens is 346 g/mol. The Morgan fingerprint density at radius 1 is 1.20 bits per heavy atom. The molecule has 128 valence electrons. The number of anilines is 2. The summed E-state index contributed by atoms with van der Waals surface area (Å²) in [6.45, 7) is 0. The maximum absolute atomic E-state index is 12.3. The number of carbonyl (C=O) groups is 2. The molecule has 1 saturated carbocycles. The topological polar surface area (TPSA) is 140 Å². The fourth-order valence-corrected chi connectivity index (χ4v) is 3.11. The Balaban J connectivity index is 1.54.